The lowest BCUT2D eigenvalue weighted by Gasteiger charge is -2.13. The van der Waals surface area contributed by atoms with E-state index in [-0.39, 0.29) is 11.8 Å². The van der Waals surface area contributed by atoms with Gasteiger partial charge in [-0.25, -0.2) is 5.01 Å². The van der Waals surface area contributed by atoms with E-state index in [2.05, 4.69) is 41.4 Å². The molecule has 0 heterocycles. The van der Waals surface area contributed by atoms with Crippen LogP contribution in [0.15, 0.2) is 47.1 Å². The molecule has 0 spiro atoms. The first-order chi connectivity index (χ1) is 16.2. The van der Waals surface area contributed by atoms with Gasteiger partial charge in [0.15, 0.2) is 0 Å². The van der Waals surface area contributed by atoms with E-state index in [0.29, 0.717) is 19.2 Å². The highest BCUT2D eigenvalue weighted by molar-refractivity contribution is 5.94. The summed E-state index contributed by atoms with van der Waals surface area (Å²) in [6.45, 7) is 18.2. The smallest absolute Gasteiger partial charge is 0.247 e. The monoisotopic (exact) mass is 474 g/mol. The molecule has 0 saturated heterocycles. The molecule has 1 rings (SSSR count). The Labute approximate surface area is 207 Å². The van der Waals surface area contributed by atoms with Crippen molar-refractivity contribution in [3.05, 3.63) is 58.7 Å². The van der Waals surface area contributed by atoms with Gasteiger partial charge in [-0.15, -0.1) is 0 Å². The summed E-state index contributed by atoms with van der Waals surface area (Å²) in [6, 6.07) is 6.08. The van der Waals surface area contributed by atoms with Crippen molar-refractivity contribution < 1.29 is 14.4 Å². The zero-order valence-electron chi connectivity index (χ0n) is 22.9. The number of likely N-dealkylation sites (N-methyl/N-ethyl adjacent to an activating group) is 1. The van der Waals surface area contributed by atoms with Crippen molar-refractivity contribution >= 4 is 24.9 Å². The Balaban J connectivity index is -0.00000106. The van der Waals surface area contributed by atoms with Crippen molar-refractivity contribution in [1.82, 2.24) is 15.6 Å². The van der Waals surface area contributed by atoms with Gasteiger partial charge in [0.25, 0.3) is 0 Å². The summed E-state index contributed by atoms with van der Waals surface area (Å²) in [6.07, 6.45) is 6.39. The van der Waals surface area contributed by atoms with Crippen LogP contribution in [0.25, 0.3) is 0 Å². The highest BCUT2D eigenvalue weighted by Gasteiger charge is 2.12. The van der Waals surface area contributed by atoms with Crippen LogP contribution in [0.2, 0.25) is 0 Å². The Morgan fingerprint density at radius 1 is 1.12 bits per heavy atom. The topological polar surface area (TPSA) is 90.9 Å². The summed E-state index contributed by atoms with van der Waals surface area (Å²) in [5.41, 5.74) is 4.94. The lowest BCUT2D eigenvalue weighted by Crippen LogP contribution is -2.23. The van der Waals surface area contributed by atoms with Crippen molar-refractivity contribution in [3.8, 4) is 0 Å². The number of carbonyl (C=O) groups excluding carboxylic acids is 3. The molecular weight excluding hydrogens is 428 g/mol. The molecule has 0 aromatic heterocycles. The van der Waals surface area contributed by atoms with Gasteiger partial charge in [-0.2, -0.15) is 5.10 Å². The fourth-order valence-electron chi connectivity index (χ4n) is 2.57. The maximum Gasteiger partial charge on any atom is 0.247 e. The Morgan fingerprint density at radius 2 is 1.68 bits per heavy atom. The predicted octanol–water partition coefficient (Wildman–Crippen LogP) is 4.51. The zero-order chi connectivity index (χ0) is 27.1. The maximum atomic E-state index is 12.0. The number of aryl methyl sites for hydroxylation is 1. The molecule has 1 aromatic carbocycles. The second kappa shape index (κ2) is 23.0. The average molecular weight is 475 g/mol. The molecule has 0 fully saturated rings. The zero-order valence-corrected chi connectivity index (χ0v) is 22.9. The normalized spacial score (nSPS) is 9.91. The molecule has 0 aliphatic carbocycles. The Kier molecular flexibility index (Phi) is 23.9. The molecule has 0 aliphatic heterocycles. The molecule has 3 amide bonds. The standard InChI is InChI=1S/C21H29N3O2.C2H5NO.2C2H6/c1-7-18-12-17(13-23-24(6)14-25)8-9-19(18)10-16(4)11-20(15(2)3)21(26)22-5;1-3-2-4;2*1-2/h8-9,11-15H,4,7,10H2,1-3,5-6H3,(H,22,26);2H,1H3,(H,3,4);2*1-2H3/b20-11-,23-13+;;;. The quantitative estimate of drug-likeness (QED) is 0.172. The first-order valence-electron chi connectivity index (χ1n) is 11.8. The molecule has 0 aliphatic rings. The molecule has 7 nitrogen and oxygen atoms in total. The number of benzene rings is 1. The highest BCUT2D eigenvalue weighted by Crippen LogP contribution is 2.19. The van der Waals surface area contributed by atoms with Gasteiger partial charge in [-0.3, -0.25) is 14.4 Å². The lowest BCUT2D eigenvalue weighted by molar-refractivity contribution is -0.118. The van der Waals surface area contributed by atoms with Crippen LogP contribution in [0.5, 0.6) is 0 Å². The molecule has 2 N–H and O–H groups in total. The Bertz CT molecular complexity index is 784. The fraction of sp³-hybridized carbons (Fsp3) is 0.481. The minimum atomic E-state index is -0.0669. The Hall–Kier alpha value is -3.22. The van der Waals surface area contributed by atoms with Gasteiger partial charge in [0, 0.05) is 26.7 Å². The van der Waals surface area contributed by atoms with Gasteiger partial charge >= 0.3 is 0 Å². The number of hydrogen-bond acceptors (Lipinski definition) is 4. The molecule has 192 valence electrons. The second-order valence-corrected chi connectivity index (χ2v) is 6.88. The molecule has 0 saturated carbocycles. The first-order valence-corrected chi connectivity index (χ1v) is 11.8. The number of hydrazone groups is 1. The molecule has 7 heteroatoms. The van der Waals surface area contributed by atoms with E-state index in [0.717, 1.165) is 23.1 Å². The third-order valence-corrected chi connectivity index (χ3v) is 4.16. The van der Waals surface area contributed by atoms with E-state index in [9.17, 15) is 9.59 Å². The molecule has 0 bridgehead atoms. The third-order valence-electron chi connectivity index (χ3n) is 4.16. The van der Waals surface area contributed by atoms with Crippen molar-refractivity contribution in [2.24, 2.45) is 11.0 Å². The van der Waals surface area contributed by atoms with Crippen molar-refractivity contribution in [3.63, 3.8) is 0 Å². The van der Waals surface area contributed by atoms with E-state index in [1.54, 1.807) is 27.4 Å². The Morgan fingerprint density at radius 3 is 2.09 bits per heavy atom. The summed E-state index contributed by atoms with van der Waals surface area (Å²) in [4.78, 5) is 31.7. The van der Waals surface area contributed by atoms with Crippen LogP contribution >= 0.6 is 0 Å². The summed E-state index contributed by atoms with van der Waals surface area (Å²) >= 11 is 0. The van der Waals surface area contributed by atoms with Gasteiger partial charge in [0.2, 0.25) is 18.7 Å². The molecule has 34 heavy (non-hydrogen) atoms. The van der Waals surface area contributed by atoms with Gasteiger partial charge in [0.05, 0.1) is 6.21 Å². The largest absolute Gasteiger partial charge is 0.362 e. The van der Waals surface area contributed by atoms with Crippen LogP contribution in [0.1, 0.15) is 65.2 Å². The summed E-state index contributed by atoms with van der Waals surface area (Å²) in [7, 11) is 4.79. The fourth-order valence-corrected chi connectivity index (χ4v) is 2.57. The van der Waals surface area contributed by atoms with Crippen LogP contribution in [-0.2, 0) is 27.2 Å². The number of carbonyl (C=O) groups is 3. The summed E-state index contributed by atoms with van der Waals surface area (Å²) < 4.78 is 0. The van der Waals surface area contributed by atoms with Crippen LogP contribution in [0.4, 0.5) is 0 Å². The van der Waals surface area contributed by atoms with Gasteiger partial charge in [-0.05, 0) is 41.5 Å². The number of rotatable bonds is 10. The van der Waals surface area contributed by atoms with Gasteiger partial charge in [-0.1, -0.05) is 78.8 Å². The third kappa shape index (κ3) is 15.6. The molecule has 0 radical (unpaired) electrons. The maximum absolute atomic E-state index is 12.0. The first kappa shape index (κ1) is 35.4. The highest BCUT2D eigenvalue weighted by atomic mass is 16.2. The van der Waals surface area contributed by atoms with Gasteiger partial charge in [0.1, 0.15) is 0 Å². The lowest BCUT2D eigenvalue weighted by atomic mass is 9.94. The molecular formula is C27H46N4O3. The minimum absolute atomic E-state index is 0.0669. The van der Waals surface area contributed by atoms with E-state index in [4.69, 9.17) is 4.79 Å². The summed E-state index contributed by atoms with van der Waals surface area (Å²) in [5, 5.41) is 10.2. The van der Waals surface area contributed by atoms with E-state index in [1.807, 2.05) is 53.7 Å². The molecule has 0 unspecified atom stereocenters. The van der Waals surface area contributed by atoms with Crippen LogP contribution in [-0.4, -0.2) is 51.1 Å². The number of allylic oxidation sites excluding steroid dienone is 2. The van der Waals surface area contributed by atoms with E-state index >= 15 is 0 Å². The second-order valence-electron chi connectivity index (χ2n) is 6.88. The number of amides is 3. The average Bonchev–Trinajstić information content (AvgIpc) is 2.88. The minimum Gasteiger partial charge on any atom is -0.362 e. The van der Waals surface area contributed by atoms with Gasteiger partial charge < -0.3 is 10.6 Å². The van der Waals surface area contributed by atoms with Crippen molar-refractivity contribution in [2.75, 3.05) is 21.1 Å². The SMILES string of the molecule is C=C(/C=C(\C(=O)NC)C(C)C)Cc1ccc(/C=N/N(C)C=O)cc1CC.CC.CC.CNC=O. The molecule has 1 aromatic rings. The number of hydrogen-bond donors (Lipinski definition) is 2. The number of nitrogens with one attached hydrogen (secondary N) is 2. The van der Waals surface area contributed by atoms with Crippen LogP contribution in [0, 0.1) is 5.92 Å². The van der Waals surface area contributed by atoms with Crippen molar-refractivity contribution in [2.45, 2.75) is 61.3 Å². The van der Waals surface area contributed by atoms with E-state index < -0.39 is 0 Å². The van der Waals surface area contributed by atoms with Crippen LogP contribution in [0.3, 0.4) is 0 Å². The predicted molar refractivity (Wildman–Crippen MR) is 145 cm³/mol. The van der Waals surface area contributed by atoms with E-state index in [1.165, 1.54) is 16.1 Å². The summed E-state index contributed by atoms with van der Waals surface area (Å²) in [5.74, 6) is 0.0634. The van der Waals surface area contributed by atoms with Crippen LogP contribution < -0.4 is 10.6 Å². The van der Waals surface area contributed by atoms with Crippen molar-refractivity contribution in [1.29, 1.82) is 0 Å². The number of nitrogens with zero attached hydrogens (tertiary/aromatic N) is 2. The molecule has 0 atom stereocenters.